The van der Waals surface area contributed by atoms with Gasteiger partial charge in [-0.05, 0) is 57.2 Å². The SMILES string of the molecule is Cn1c(-c2nc(N)ncc2C#Cc2cccc(NC(=O)Oc3ccc([N+](=O)[O-])cc3)c2)cc2c1CCN(C(=O)OC(C)(C)C)C2=O. The van der Waals surface area contributed by atoms with Gasteiger partial charge in [0.05, 0.1) is 21.7 Å². The molecule has 14 nitrogen and oxygen atoms in total. The molecule has 1 aliphatic rings. The van der Waals surface area contributed by atoms with E-state index in [0.29, 0.717) is 40.2 Å². The summed E-state index contributed by atoms with van der Waals surface area (Å²) in [5, 5.41) is 13.4. The number of hydrogen-bond donors (Lipinski definition) is 2. The highest BCUT2D eigenvalue weighted by atomic mass is 16.6. The van der Waals surface area contributed by atoms with Gasteiger partial charge in [-0.15, -0.1) is 0 Å². The number of nitrogen functional groups attached to an aromatic ring is 1. The van der Waals surface area contributed by atoms with Crippen molar-refractivity contribution >= 4 is 35.4 Å². The Morgan fingerprint density at radius 3 is 2.54 bits per heavy atom. The maximum atomic E-state index is 13.3. The fraction of sp³-hybridized carbons (Fsp3) is 0.219. The first-order valence-corrected chi connectivity index (χ1v) is 14.0. The van der Waals surface area contributed by atoms with Crippen LogP contribution in [0.2, 0.25) is 0 Å². The van der Waals surface area contributed by atoms with Crippen molar-refractivity contribution in [2.75, 3.05) is 17.6 Å². The fourth-order valence-corrected chi connectivity index (χ4v) is 4.70. The maximum Gasteiger partial charge on any atom is 0.417 e. The normalized spacial score (nSPS) is 12.4. The number of nitro benzene ring substituents is 1. The van der Waals surface area contributed by atoms with Crippen LogP contribution in [0.15, 0.2) is 60.8 Å². The van der Waals surface area contributed by atoms with Gasteiger partial charge in [0.25, 0.3) is 11.6 Å². The lowest BCUT2D eigenvalue weighted by molar-refractivity contribution is -0.384. The number of nitrogens with two attached hydrogens (primary N) is 1. The van der Waals surface area contributed by atoms with Crippen LogP contribution in [0.4, 0.5) is 26.9 Å². The minimum absolute atomic E-state index is 0.0131. The average Bonchev–Trinajstić information content (AvgIpc) is 3.33. The number of rotatable bonds is 4. The number of fused-ring (bicyclic) bond motifs is 1. The summed E-state index contributed by atoms with van der Waals surface area (Å²) in [6, 6.07) is 13.5. The topological polar surface area (TPSA) is 185 Å². The van der Waals surface area contributed by atoms with Crippen molar-refractivity contribution in [1.82, 2.24) is 19.4 Å². The summed E-state index contributed by atoms with van der Waals surface area (Å²) >= 11 is 0. The Balaban J connectivity index is 1.37. The number of carbonyl (C=O) groups is 3. The Bertz CT molecular complexity index is 1930. The second-order valence-corrected chi connectivity index (χ2v) is 11.2. The van der Waals surface area contributed by atoms with Gasteiger partial charge in [0, 0.05) is 55.3 Å². The molecular formula is C32H29N7O7. The van der Waals surface area contributed by atoms with Crippen molar-refractivity contribution in [2.45, 2.75) is 32.8 Å². The number of hydrogen-bond acceptors (Lipinski definition) is 10. The van der Waals surface area contributed by atoms with Crippen molar-refractivity contribution in [1.29, 1.82) is 0 Å². The number of nitrogens with zero attached hydrogens (tertiary/aromatic N) is 5. The molecule has 0 fully saturated rings. The second-order valence-electron chi connectivity index (χ2n) is 11.2. The van der Waals surface area contributed by atoms with Gasteiger partial charge in [0.1, 0.15) is 17.0 Å². The van der Waals surface area contributed by atoms with Crippen molar-refractivity contribution < 1.29 is 28.8 Å². The Hall–Kier alpha value is -6.23. The number of nitro groups is 1. The number of amides is 3. The van der Waals surface area contributed by atoms with Gasteiger partial charge in [0.2, 0.25) is 5.95 Å². The minimum atomic E-state index is -0.791. The molecule has 5 rings (SSSR count). The molecule has 0 radical (unpaired) electrons. The summed E-state index contributed by atoms with van der Waals surface area (Å²) < 4.78 is 12.4. The van der Waals surface area contributed by atoms with Gasteiger partial charge >= 0.3 is 12.2 Å². The van der Waals surface area contributed by atoms with Crippen LogP contribution in [0.5, 0.6) is 5.75 Å². The van der Waals surface area contributed by atoms with Crippen molar-refractivity contribution in [3.05, 3.63) is 93.3 Å². The number of imide groups is 1. The molecule has 46 heavy (non-hydrogen) atoms. The largest absolute Gasteiger partial charge is 0.443 e. The van der Waals surface area contributed by atoms with Crippen LogP contribution in [-0.4, -0.2) is 54.6 Å². The monoisotopic (exact) mass is 623 g/mol. The average molecular weight is 624 g/mol. The van der Waals surface area contributed by atoms with Crippen molar-refractivity contribution in [3.8, 4) is 29.0 Å². The fourth-order valence-electron chi connectivity index (χ4n) is 4.70. The van der Waals surface area contributed by atoms with Crippen LogP contribution in [0.25, 0.3) is 11.4 Å². The van der Waals surface area contributed by atoms with Crippen LogP contribution >= 0.6 is 0 Å². The molecule has 0 unspecified atom stereocenters. The first kappa shape index (κ1) is 31.2. The number of anilines is 2. The van der Waals surface area contributed by atoms with Crippen molar-refractivity contribution in [2.24, 2.45) is 7.05 Å². The van der Waals surface area contributed by atoms with Gasteiger partial charge in [-0.25, -0.2) is 24.5 Å². The Labute approximate surface area is 263 Å². The summed E-state index contributed by atoms with van der Waals surface area (Å²) in [7, 11) is 1.80. The van der Waals surface area contributed by atoms with Gasteiger partial charge in [-0.3, -0.25) is 20.2 Å². The first-order valence-electron chi connectivity index (χ1n) is 14.0. The number of benzene rings is 2. The van der Waals surface area contributed by atoms with Crippen LogP contribution < -0.4 is 15.8 Å². The molecule has 0 saturated carbocycles. The van der Waals surface area contributed by atoms with Crippen LogP contribution in [0.1, 0.15) is 48.0 Å². The molecule has 0 spiro atoms. The minimum Gasteiger partial charge on any atom is -0.443 e. The number of non-ortho nitro benzene ring substituents is 1. The molecule has 3 amide bonds. The quantitative estimate of drug-likeness (QED) is 0.180. The molecule has 234 valence electrons. The molecule has 0 atom stereocenters. The maximum absolute atomic E-state index is 13.3. The molecule has 3 N–H and O–H groups in total. The summed E-state index contributed by atoms with van der Waals surface area (Å²) in [6.45, 7) is 5.37. The lowest BCUT2D eigenvalue weighted by Gasteiger charge is -2.28. The van der Waals surface area contributed by atoms with E-state index in [0.717, 1.165) is 10.6 Å². The van der Waals surface area contributed by atoms with E-state index < -0.39 is 28.6 Å². The molecule has 2 aromatic heterocycles. The van der Waals surface area contributed by atoms with E-state index in [2.05, 4.69) is 27.1 Å². The molecule has 2 aromatic carbocycles. The van der Waals surface area contributed by atoms with E-state index in [-0.39, 0.29) is 23.9 Å². The number of carbonyl (C=O) groups excluding carboxylic acids is 3. The summed E-state index contributed by atoms with van der Waals surface area (Å²) in [5.41, 5.74) is 8.48. The van der Waals surface area contributed by atoms with Crippen LogP contribution in [-0.2, 0) is 18.2 Å². The van der Waals surface area contributed by atoms with Gasteiger partial charge in [0.15, 0.2) is 0 Å². The van der Waals surface area contributed by atoms with Crippen LogP contribution in [0.3, 0.4) is 0 Å². The molecule has 0 aliphatic carbocycles. The third-order valence-corrected chi connectivity index (χ3v) is 6.78. The second kappa shape index (κ2) is 12.4. The van der Waals surface area contributed by atoms with Gasteiger partial charge in [-0.1, -0.05) is 17.9 Å². The Morgan fingerprint density at radius 1 is 1.11 bits per heavy atom. The molecule has 0 bridgehead atoms. The van der Waals surface area contributed by atoms with Gasteiger partial charge < -0.3 is 19.8 Å². The third-order valence-electron chi connectivity index (χ3n) is 6.78. The lowest BCUT2D eigenvalue weighted by Crippen LogP contribution is -2.44. The third kappa shape index (κ3) is 6.94. The zero-order valence-electron chi connectivity index (χ0n) is 25.4. The van der Waals surface area contributed by atoms with Crippen LogP contribution in [0, 0.1) is 22.0 Å². The molecule has 4 aromatic rings. The van der Waals surface area contributed by atoms with E-state index in [9.17, 15) is 24.5 Å². The lowest BCUT2D eigenvalue weighted by atomic mass is 10.1. The smallest absolute Gasteiger partial charge is 0.417 e. The molecule has 14 heteroatoms. The predicted molar refractivity (Wildman–Crippen MR) is 167 cm³/mol. The molecular weight excluding hydrogens is 594 g/mol. The predicted octanol–water partition coefficient (Wildman–Crippen LogP) is 4.92. The van der Waals surface area contributed by atoms with E-state index in [4.69, 9.17) is 15.2 Å². The van der Waals surface area contributed by atoms with Gasteiger partial charge in [-0.2, -0.15) is 0 Å². The summed E-state index contributed by atoms with van der Waals surface area (Å²) in [5.74, 6) is 5.76. The number of aromatic nitrogens is 3. The number of nitrogens with one attached hydrogen (secondary N) is 1. The zero-order valence-corrected chi connectivity index (χ0v) is 25.4. The molecule has 1 aliphatic heterocycles. The Morgan fingerprint density at radius 2 is 1.85 bits per heavy atom. The van der Waals surface area contributed by atoms with E-state index in [1.54, 1.807) is 58.2 Å². The highest BCUT2D eigenvalue weighted by Gasteiger charge is 2.35. The van der Waals surface area contributed by atoms with Crippen molar-refractivity contribution in [3.63, 3.8) is 0 Å². The highest BCUT2D eigenvalue weighted by Crippen LogP contribution is 2.31. The summed E-state index contributed by atoms with van der Waals surface area (Å²) in [6.07, 6.45) is 0.406. The number of ether oxygens (including phenoxy) is 2. The first-order chi connectivity index (χ1) is 21.8. The highest BCUT2D eigenvalue weighted by molar-refractivity contribution is 6.05. The molecule has 3 heterocycles. The Kier molecular flexibility index (Phi) is 8.42. The molecule has 0 saturated heterocycles. The van der Waals surface area contributed by atoms with E-state index >= 15 is 0 Å². The van der Waals surface area contributed by atoms with E-state index in [1.807, 2.05) is 4.57 Å². The summed E-state index contributed by atoms with van der Waals surface area (Å²) in [4.78, 5) is 58.3. The zero-order chi connectivity index (χ0) is 33.2. The standard InChI is InChI=1S/C32H29N7O7/c1-32(2,3)46-31(42)38-15-14-25-24(28(38)40)17-26(37(25)4)27-20(18-34-29(33)36-27)9-8-19-6-5-7-21(16-19)35-30(41)45-23-12-10-22(11-13-23)39(43)44/h5-7,10-13,16-18H,14-15H2,1-4H3,(H,35,41)(H2,33,34,36). The van der Waals surface area contributed by atoms with E-state index in [1.165, 1.54) is 30.5 Å².